The van der Waals surface area contributed by atoms with Gasteiger partial charge in [-0.2, -0.15) is 0 Å². The van der Waals surface area contributed by atoms with Crippen LogP contribution in [0, 0.1) is 5.92 Å². The molecule has 2 aromatic heterocycles. The van der Waals surface area contributed by atoms with Crippen LogP contribution in [-0.4, -0.2) is 39.0 Å². The third-order valence-corrected chi connectivity index (χ3v) is 5.52. The van der Waals surface area contributed by atoms with Gasteiger partial charge in [-0.15, -0.1) is 0 Å². The van der Waals surface area contributed by atoms with Gasteiger partial charge >= 0.3 is 6.03 Å². The number of urea groups is 1. The molecule has 0 radical (unpaired) electrons. The van der Waals surface area contributed by atoms with Gasteiger partial charge in [0, 0.05) is 29.5 Å². The third-order valence-electron chi connectivity index (χ3n) is 5.27. The number of hydrogen-bond acceptors (Lipinski definition) is 4. The normalized spacial score (nSPS) is 17.8. The Balaban J connectivity index is 1.44. The molecule has 164 valence electrons. The van der Waals surface area contributed by atoms with Gasteiger partial charge in [0.05, 0.1) is 11.9 Å². The molecule has 1 aromatic carbocycles. The molecule has 1 aliphatic heterocycles. The highest BCUT2D eigenvalue weighted by Gasteiger charge is 2.38. The fourth-order valence-electron chi connectivity index (χ4n) is 3.70. The van der Waals surface area contributed by atoms with Crippen molar-refractivity contribution in [2.75, 3.05) is 17.2 Å². The van der Waals surface area contributed by atoms with Crippen molar-refractivity contribution in [2.45, 2.75) is 19.4 Å². The predicted octanol–water partition coefficient (Wildman–Crippen LogP) is 3.77. The lowest BCUT2D eigenvalue weighted by atomic mass is 10.1. The van der Waals surface area contributed by atoms with E-state index in [0.29, 0.717) is 35.2 Å². The smallest absolute Gasteiger partial charge is 0.312 e. The van der Waals surface area contributed by atoms with Gasteiger partial charge in [0.25, 0.3) is 5.56 Å². The molecule has 0 bridgehead atoms. The zero-order valence-electron chi connectivity index (χ0n) is 17.4. The van der Waals surface area contributed by atoms with Gasteiger partial charge < -0.3 is 15.5 Å². The quantitative estimate of drug-likeness (QED) is 0.631. The van der Waals surface area contributed by atoms with Crippen LogP contribution >= 0.6 is 11.6 Å². The van der Waals surface area contributed by atoms with Gasteiger partial charge in [-0.05, 0) is 54.8 Å². The Kier molecular flexibility index (Phi) is 6.23. The molecule has 2 atom stereocenters. The van der Waals surface area contributed by atoms with E-state index in [4.69, 9.17) is 11.6 Å². The van der Waals surface area contributed by atoms with Crippen LogP contribution in [0.2, 0.25) is 5.02 Å². The fourth-order valence-corrected chi connectivity index (χ4v) is 3.83. The molecule has 3 aromatic rings. The lowest BCUT2D eigenvalue weighted by Crippen LogP contribution is -2.45. The van der Waals surface area contributed by atoms with E-state index in [0.717, 1.165) is 0 Å². The SMILES string of the molecule is C[C@@H]1C[C@H](C(=O)Nc2ccc(-n3ccccc3=O)cn2)N(C(=O)Nc2ccc(Cl)cc2)C1. The number of halogens is 1. The van der Waals surface area contributed by atoms with E-state index in [2.05, 4.69) is 15.6 Å². The van der Waals surface area contributed by atoms with Crippen LogP contribution in [0.3, 0.4) is 0 Å². The van der Waals surface area contributed by atoms with Crippen LogP contribution in [0.15, 0.2) is 71.8 Å². The molecule has 1 saturated heterocycles. The van der Waals surface area contributed by atoms with E-state index >= 15 is 0 Å². The second kappa shape index (κ2) is 9.23. The first-order valence-corrected chi connectivity index (χ1v) is 10.6. The number of carbonyl (C=O) groups is 2. The molecular weight excluding hydrogens is 430 g/mol. The summed E-state index contributed by atoms with van der Waals surface area (Å²) >= 11 is 5.89. The molecule has 0 unspecified atom stereocenters. The molecular formula is C23H22ClN5O3. The van der Waals surface area contributed by atoms with Gasteiger partial charge in [0.2, 0.25) is 5.91 Å². The highest BCUT2D eigenvalue weighted by atomic mass is 35.5. The maximum atomic E-state index is 12.9. The van der Waals surface area contributed by atoms with Crippen molar-refractivity contribution in [2.24, 2.45) is 5.92 Å². The summed E-state index contributed by atoms with van der Waals surface area (Å²) in [7, 11) is 0. The van der Waals surface area contributed by atoms with Crippen LogP contribution in [0.25, 0.3) is 5.69 Å². The number of likely N-dealkylation sites (tertiary alicyclic amines) is 1. The molecule has 0 spiro atoms. The molecule has 1 fully saturated rings. The fraction of sp³-hybridized carbons (Fsp3) is 0.217. The summed E-state index contributed by atoms with van der Waals surface area (Å²) in [5.41, 5.74) is 1.02. The number of anilines is 2. The van der Waals surface area contributed by atoms with Crippen molar-refractivity contribution in [3.8, 4) is 5.69 Å². The van der Waals surface area contributed by atoms with E-state index in [9.17, 15) is 14.4 Å². The summed E-state index contributed by atoms with van der Waals surface area (Å²) < 4.78 is 1.46. The van der Waals surface area contributed by atoms with E-state index in [1.165, 1.54) is 21.7 Å². The number of carbonyl (C=O) groups excluding carboxylic acids is 2. The average Bonchev–Trinajstić information content (AvgIpc) is 3.18. The first-order valence-electron chi connectivity index (χ1n) is 10.2. The summed E-state index contributed by atoms with van der Waals surface area (Å²) in [6, 6.07) is 14.0. The second-order valence-electron chi connectivity index (χ2n) is 7.75. The lowest BCUT2D eigenvalue weighted by molar-refractivity contribution is -0.119. The predicted molar refractivity (Wildman–Crippen MR) is 123 cm³/mol. The van der Waals surface area contributed by atoms with Crippen molar-refractivity contribution >= 4 is 35.0 Å². The number of benzene rings is 1. The molecule has 3 amide bonds. The Morgan fingerprint density at radius 2 is 1.84 bits per heavy atom. The van der Waals surface area contributed by atoms with Gasteiger partial charge in [-0.1, -0.05) is 24.6 Å². The van der Waals surface area contributed by atoms with Crippen molar-refractivity contribution in [3.05, 3.63) is 82.4 Å². The van der Waals surface area contributed by atoms with Gasteiger partial charge in [-0.25, -0.2) is 9.78 Å². The summed E-state index contributed by atoms with van der Waals surface area (Å²) in [6.07, 6.45) is 3.71. The van der Waals surface area contributed by atoms with Crippen molar-refractivity contribution in [1.29, 1.82) is 0 Å². The third kappa shape index (κ3) is 4.81. The number of nitrogens with one attached hydrogen (secondary N) is 2. The molecule has 2 N–H and O–H groups in total. The minimum absolute atomic E-state index is 0.173. The molecule has 0 aliphatic carbocycles. The summed E-state index contributed by atoms with van der Waals surface area (Å²) in [4.78, 5) is 43.5. The minimum Gasteiger partial charge on any atom is -0.312 e. The van der Waals surface area contributed by atoms with Crippen LogP contribution in [0.5, 0.6) is 0 Å². The Bertz CT molecular complexity index is 1180. The Morgan fingerprint density at radius 1 is 1.06 bits per heavy atom. The Labute approximate surface area is 189 Å². The Hall–Kier alpha value is -3.65. The zero-order chi connectivity index (χ0) is 22.7. The van der Waals surface area contributed by atoms with Crippen molar-refractivity contribution in [3.63, 3.8) is 0 Å². The number of aromatic nitrogens is 2. The van der Waals surface area contributed by atoms with E-state index < -0.39 is 6.04 Å². The second-order valence-corrected chi connectivity index (χ2v) is 8.18. The number of hydrogen-bond donors (Lipinski definition) is 2. The zero-order valence-corrected chi connectivity index (χ0v) is 18.1. The monoisotopic (exact) mass is 451 g/mol. The first kappa shape index (κ1) is 21.6. The molecule has 3 heterocycles. The highest BCUT2D eigenvalue weighted by Crippen LogP contribution is 2.25. The van der Waals surface area contributed by atoms with E-state index in [-0.39, 0.29) is 23.4 Å². The van der Waals surface area contributed by atoms with E-state index in [1.807, 2.05) is 6.92 Å². The summed E-state index contributed by atoms with van der Waals surface area (Å²) in [6.45, 7) is 2.47. The van der Waals surface area contributed by atoms with E-state index in [1.54, 1.807) is 54.7 Å². The molecule has 1 aliphatic rings. The number of rotatable bonds is 4. The minimum atomic E-state index is -0.615. The first-order chi connectivity index (χ1) is 15.4. The number of amides is 3. The molecule has 0 saturated carbocycles. The molecule has 8 nitrogen and oxygen atoms in total. The van der Waals surface area contributed by atoms with Gasteiger partial charge in [-0.3, -0.25) is 14.2 Å². The average molecular weight is 452 g/mol. The van der Waals surface area contributed by atoms with Gasteiger partial charge in [0.1, 0.15) is 11.9 Å². The topological polar surface area (TPSA) is 96.3 Å². The number of pyridine rings is 2. The summed E-state index contributed by atoms with van der Waals surface area (Å²) in [5, 5.41) is 6.16. The van der Waals surface area contributed by atoms with Gasteiger partial charge in [0.15, 0.2) is 0 Å². The van der Waals surface area contributed by atoms with Crippen molar-refractivity contribution < 1.29 is 9.59 Å². The maximum Gasteiger partial charge on any atom is 0.322 e. The maximum absolute atomic E-state index is 12.9. The standard InChI is InChI=1S/C23H22ClN5O3/c1-15-12-19(29(14-15)23(32)26-17-7-5-16(24)6-8-17)22(31)27-20-10-9-18(13-25-20)28-11-3-2-4-21(28)30/h2-11,13,15,19H,12,14H2,1H3,(H,26,32)(H,25,27,31)/t15-,19-/m1/s1. The highest BCUT2D eigenvalue weighted by molar-refractivity contribution is 6.30. The molecule has 32 heavy (non-hydrogen) atoms. The lowest BCUT2D eigenvalue weighted by Gasteiger charge is -2.24. The molecule has 9 heteroatoms. The number of nitrogens with zero attached hydrogens (tertiary/aromatic N) is 3. The van der Waals surface area contributed by atoms with Crippen LogP contribution < -0.4 is 16.2 Å². The molecule has 4 rings (SSSR count). The largest absolute Gasteiger partial charge is 0.322 e. The van der Waals surface area contributed by atoms with Crippen molar-refractivity contribution in [1.82, 2.24) is 14.5 Å². The van der Waals surface area contributed by atoms with Crippen LogP contribution in [0.4, 0.5) is 16.3 Å². The Morgan fingerprint density at radius 3 is 2.53 bits per heavy atom. The summed E-state index contributed by atoms with van der Waals surface area (Å²) in [5.74, 6) is 0.222. The van der Waals surface area contributed by atoms with Crippen LogP contribution in [-0.2, 0) is 4.79 Å². The van der Waals surface area contributed by atoms with Crippen LogP contribution in [0.1, 0.15) is 13.3 Å².